The molecule has 1 spiro atoms. The van der Waals surface area contributed by atoms with Crippen LogP contribution in [-0.2, 0) is 10.5 Å². The number of hydrogen-bond acceptors (Lipinski definition) is 6. The highest BCUT2D eigenvalue weighted by atomic mass is 16.2. The van der Waals surface area contributed by atoms with Crippen LogP contribution in [-0.4, -0.2) is 24.9 Å². The normalized spacial score (nSPS) is 21.2. The first-order valence-electron chi connectivity index (χ1n) is 8.35. The number of aliphatic imine (C=N–C) groups is 2. The van der Waals surface area contributed by atoms with Crippen LogP contribution in [0.4, 0.5) is 11.4 Å². The van der Waals surface area contributed by atoms with Crippen LogP contribution in [0.5, 0.6) is 0 Å². The van der Waals surface area contributed by atoms with E-state index in [4.69, 9.17) is 5.73 Å². The number of amides is 1. The van der Waals surface area contributed by atoms with Crippen LogP contribution < -0.4 is 21.3 Å². The summed E-state index contributed by atoms with van der Waals surface area (Å²) in [5.41, 5.74) is 9.20. The molecule has 0 bridgehead atoms. The highest BCUT2D eigenvalue weighted by molar-refractivity contribution is 6.14. The third kappa shape index (κ3) is 2.24. The molecule has 2 aromatic rings. The SMILES string of the molecule is Cc1cccc(C)c1NC1=NC2(N=C(N)N1)C(=O)N(C)c1ccccc12. The highest BCUT2D eigenvalue weighted by Crippen LogP contribution is 2.43. The number of nitrogens with zero attached hydrogens (tertiary/aromatic N) is 3. The lowest BCUT2D eigenvalue weighted by molar-refractivity contribution is -0.122. The molecule has 0 aliphatic carbocycles. The van der Waals surface area contributed by atoms with Crippen molar-refractivity contribution in [3.8, 4) is 0 Å². The van der Waals surface area contributed by atoms with Crippen molar-refractivity contribution in [2.45, 2.75) is 19.5 Å². The first-order chi connectivity index (χ1) is 12.4. The summed E-state index contributed by atoms with van der Waals surface area (Å²) < 4.78 is 0. The fraction of sp³-hybridized carbons (Fsp3) is 0.211. The molecule has 1 amide bonds. The van der Waals surface area contributed by atoms with E-state index >= 15 is 0 Å². The lowest BCUT2D eigenvalue weighted by Gasteiger charge is -2.27. The van der Waals surface area contributed by atoms with E-state index in [1.54, 1.807) is 11.9 Å². The molecule has 4 rings (SSSR count). The fourth-order valence-corrected chi connectivity index (χ4v) is 3.46. The largest absolute Gasteiger partial charge is 0.370 e. The highest BCUT2D eigenvalue weighted by Gasteiger charge is 2.52. The Labute approximate surface area is 151 Å². The Morgan fingerprint density at radius 3 is 2.50 bits per heavy atom. The molecule has 1 atom stereocenters. The number of likely N-dealkylation sites (N-methyl/N-ethyl adjacent to an activating group) is 1. The number of anilines is 2. The molecule has 0 saturated carbocycles. The topological polar surface area (TPSA) is 95.1 Å². The van der Waals surface area contributed by atoms with Crippen LogP contribution in [0.15, 0.2) is 52.4 Å². The van der Waals surface area contributed by atoms with Gasteiger partial charge in [0.1, 0.15) is 0 Å². The van der Waals surface area contributed by atoms with E-state index in [1.165, 1.54) is 0 Å². The number of carbonyl (C=O) groups is 1. The van der Waals surface area contributed by atoms with Gasteiger partial charge in [-0.2, -0.15) is 0 Å². The molecule has 26 heavy (non-hydrogen) atoms. The zero-order chi connectivity index (χ0) is 18.5. The maximum Gasteiger partial charge on any atom is 0.282 e. The molecule has 7 heteroatoms. The molecule has 4 N–H and O–H groups in total. The molecule has 1 unspecified atom stereocenters. The third-order valence-electron chi connectivity index (χ3n) is 4.77. The van der Waals surface area contributed by atoms with Gasteiger partial charge in [-0.3, -0.25) is 10.1 Å². The number of rotatable bonds is 1. The molecule has 132 valence electrons. The molecular formula is C19H20N6O. The minimum Gasteiger partial charge on any atom is -0.370 e. The first kappa shape index (κ1) is 16.1. The zero-order valence-electron chi connectivity index (χ0n) is 14.9. The Morgan fingerprint density at radius 1 is 1.08 bits per heavy atom. The second kappa shape index (κ2) is 5.59. The van der Waals surface area contributed by atoms with E-state index in [1.807, 2.05) is 56.3 Å². The van der Waals surface area contributed by atoms with Crippen molar-refractivity contribution < 1.29 is 4.79 Å². The summed E-state index contributed by atoms with van der Waals surface area (Å²) in [6.45, 7) is 4.02. The van der Waals surface area contributed by atoms with Gasteiger partial charge in [0.05, 0.1) is 5.69 Å². The number of nitrogens with one attached hydrogen (secondary N) is 2. The van der Waals surface area contributed by atoms with Crippen molar-refractivity contribution in [3.05, 3.63) is 59.2 Å². The Kier molecular flexibility index (Phi) is 3.47. The van der Waals surface area contributed by atoms with E-state index < -0.39 is 5.66 Å². The summed E-state index contributed by atoms with van der Waals surface area (Å²) in [5, 5.41) is 6.21. The quantitative estimate of drug-likeness (QED) is 0.732. The summed E-state index contributed by atoms with van der Waals surface area (Å²) in [5.74, 6) is 0.310. The molecule has 0 fully saturated rings. The molecule has 0 aromatic heterocycles. The van der Waals surface area contributed by atoms with E-state index in [2.05, 4.69) is 20.6 Å². The van der Waals surface area contributed by atoms with Gasteiger partial charge in [0.15, 0.2) is 5.96 Å². The Balaban J connectivity index is 1.83. The van der Waals surface area contributed by atoms with Crippen molar-refractivity contribution in [2.75, 3.05) is 17.3 Å². The van der Waals surface area contributed by atoms with Crippen molar-refractivity contribution in [2.24, 2.45) is 15.7 Å². The maximum absolute atomic E-state index is 13.0. The van der Waals surface area contributed by atoms with E-state index in [0.717, 1.165) is 28.1 Å². The maximum atomic E-state index is 13.0. The molecule has 0 saturated heterocycles. The lowest BCUT2D eigenvalue weighted by atomic mass is 10.0. The van der Waals surface area contributed by atoms with E-state index in [9.17, 15) is 4.79 Å². The molecule has 0 radical (unpaired) electrons. The average molecular weight is 348 g/mol. The van der Waals surface area contributed by atoms with Gasteiger partial charge in [-0.1, -0.05) is 36.4 Å². The Bertz CT molecular complexity index is 959. The smallest absolute Gasteiger partial charge is 0.282 e. The fourth-order valence-electron chi connectivity index (χ4n) is 3.46. The van der Waals surface area contributed by atoms with Crippen molar-refractivity contribution in [1.29, 1.82) is 0 Å². The van der Waals surface area contributed by atoms with Crippen LogP contribution in [0.3, 0.4) is 0 Å². The third-order valence-corrected chi connectivity index (χ3v) is 4.77. The minimum absolute atomic E-state index is 0.146. The van der Waals surface area contributed by atoms with Gasteiger partial charge in [0.2, 0.25) is 5.96 Å². The molecule has 2 aliphatic heterocycles. The Morgan fingerprint density at radius 2 is 1.77 bits per heavy atom. The number of para-hydroxylation sites is 2. The summed E-state index contributed by atoms with van der Waals surface area (Å²) in [4.78, 5) is 23.6. The van der Waals surface area contributed by atoms with E-state index in [0.29, 0.717) is 5.96 Å². The molecule has 7 nitrogen and oxygen atoms in total. The summed E-state index contributed by atoms with van der Waals surface area (Å²) in [7, 11) is 1.72. The molecule has 2 aliphatic rings. The Hall–Kier alpha value is -3.35. The predicted molar refractivity (Wildman–Crippen MR) is 103 cm³/mol. The predicted octanol–water partition coefficient (Wildman–Crippen LogP) is 1.82. The second-order valence-electron chi connectivity index (χ2n) is 6.53. The number of aryl methyl sites for hydroxylation is 2. The zero-order valence-corrected chi connectivity index (χ0v) is 14.9. The van der Waals surface area contributed by atoms with Gasteiger partial charge in [-0.25, -0.2) is 9.98 Å². The number of fused-ring (bicyclic) bond motifs is 2. The summed E-state index contributed by atoms with van der Waals surface area (Å²) in [6, 6.07) is 13.5. The molecule has 2 heterocycles. The number of nitrogens with two attached hydrogens (primary N) is 1. The van der Waals surface area contributed by atoms with Crippen LogP contribution in [0, 0.1) is 13.8 Å². The average Bonchev–Trinajstić information content (AvgIpc) is 2.81. The lowest BCUT2D eigenvalue weighted by Crippen LogP contribution is -2.50. The minimum atomic E-state index is -1.39. The van der Waals surface area contributed by atoms with Crippen LogP contribution in [0.2, 0.25) is 0 Å². The van der Waals surface area contributed by atoms with Crippen LogP contribution >= 0.6 is 0 Å². The van der Waals surface area contributed by atoms with Gasteiger partial charge in [0.25, 0.3) is 11.6 Å². The van der Waals surface area contributed by atoms with E-state index in [-0.39, 0.29) is 11.9 Å². The molecular weight excluding hydrogens is 328 g/mol. The summed E-state index contributed by atoms with van der Waals surface area (Å²) >= 11 is 0. The first-order valence-corrected chi connectivity index (χ1v) is 8.35. The van der Waals surface area contributed by atoms with Gasteiger partial charge in [0, 0.05) is 18.3 Å². The second-order valence-corrected chi connectivity index (χ2v) is 6.53. The standard InChI is InChI=1S/C19H20N6O/c1-11-7-6-8-12(2)15(11)21-18-22-17(20)23-19(24-18)13-9-4-5-10-14(13)25(3)16(19)26/h4-10H,1-3H3,(H4,20,21,22,23,24). The number of hydrogen-bond donors (Lipinski definition) is 3. The summed E-state index contributed by atoms with van der Waals surface area (Å²) in [6.07, 6.45) is 0. The monoisotopic (exact) mass is 348 g/mol. The van der Waals surface area contributed by atoms with Crippen molar-refractivity contribution >= 4 is 29.2 Å². The van der Waals surface area contributed by atoms with Gasteiger partial charge < -0.3 is 16.0 Å². The van der Waals surface area contributed by atoms with Gasteiger partial charge in [-0.15, -0.1) is 0 Å². The van der Waals surface area contributed by atoms with Gasteiger partial charge in [-0.05, 0) is 31.0 Å². The number of guanidine groups is 2. The van der Waals surface area contributed by atoms with Crippen LogP contribution in [0.1, 0.15) is 16.7 Å². The van der Waals surface area contributed by atoms with Crippen molar-refractivity contribution in [3.63, 3.8) is 0 Å². The molecule has 2 aromatic carbocycles. The number of carbonyl (C=O) groups excluding carboxylic acids is 1. The van der Waals surface area contributed by atoms with Crippen LogP contribution in [0.25, 0.3) is 0 Å². The van der Waals surface area contributed by atoms with Gasteiger partial charge >= 0.3 is 0 Å². The van der Waals surface area contributed by atoms with Crippen molar-refractivity contribution in [1.82, 2.24) is 5.32 Å². The number of benzene rings is 2.